The summed E-state index contributed by atoms with van der Waals surface area (Å²) < 4.78 is 15.7. The minimum Gasteiger partial charge on any atom is -0.481 e. The van der Waals surface area contributed by atoms with E-state index >= 15 is 0 Å². The number of anilines is 1. The minimum atomic E-state index is -0.475. The summed E-state index contributed by atoms with van der Waals surface area (Å²) in [6, 6.07) is 1.80. The highest BCUT2D eigenvalue weighted by Crippen LogP contribution is 2.21. The van der Waals surface area contributed by atoms with Crippen molar-refractivity contribution in [3.05, 3.63) is 6.07 Å². The number of nitrogens with one attached hydrogen (secondary N) is 1. The topological polar surface area (TPSA) is 85.8 Å². The lowest BCUT2D eigenvalue weighted by molar-refractivity contribution is 0.0210. The number of amides is 1. The standard InChI is InChI=1S/C16H26N4O4/c1-16(2,3)24-15(21)20-8-6-11(7-9-20)17-14-18-12(22-4)10-13(19-14)23-5/h10-11H,6-9H2,1-5H3,(H,17,18,19). The summed E-state index contributed by atoms with van der Waals surface area (Å²) in [6.45, 7) is 6.87. The van der Waals surface area contributed by atoms with Crippen molar-refractivity contribution in [1.29, 1.82) is 0 Å². The second-order valence-electron chi connectivity index (χ2n) is 6.66. The average molecular weight is 338 g/mol. The molecule has 2 rings (SSSR count). The zero-order valence-corrected chi connectivity index (χ0v) is 15.0. The predicted molar refractivity (Wildman–Crippen MR) is 89.6 cm³/mol. The molecule has 8 nitrogen and oxygen atoms in total. The van der Waals surface area contributed by atoms with E-state index in [1.165, 1.54) is 0 Å². The molecule has 2 heterocycles. The van der Waals surface area contributed by atoms with Crippen LogP contribution in [0.1, 0.15) is 33.6 Å². The lowest BCUT2D eigenvalue weighted by Gasteiger charge is -2.33. The van der Waals surface area contributed by atoms with E-state index in [-0.39, 0.29) is 12.1 Å². The Kier molecular flexibility index (Phi) is 5.69. The van der Waals surface area contributed by atoms with E-state index in [1.54, 1.807) is 25.2 Å². The Labute approximate surface area is 142 Å². The van der Waals surface area contributed by atoms with Crippen LogP contribution in [-0.2, 0) is 4.74 Å². The quantitative estimate of drug-likeness (QED) is 0.901. The number of ether oxygens (including phenoxy) is 3. The molecule has 1 amide bonds. The van der Waals surface area contributed by atoms with Gasteiger partial charge in [0.05, 0.1) is 20.3 Å². The highest BCUT2D eigenvalue weighted by molar-refractivity contribution is 5.68. The Morgan fingerprint density at radius 3 is 2.17 bits per heavy atom. The van der Waals surface area contributed by atoms with Crippen molar-refractivity contribution in [3.8, 4) is 11.8 Å². The summed E-state index contributed by atoms with van der Waals surface area (Å²) in [5, 5.41) is 3.28. The van der Waals surface area contributed by atoms with Gasteiger partial charge in [0.25, 0.3) is 0 Å². The van der Waals surface area contributed by atoms with Crippen LogP contribution >= 0.6 is 0 Å². The number of nitrogens with zero attached hydrogens (tertiary/aromatic N) is 3. The van der Waals surface area contributed by atoms with Gasteiger partial charge in [-0.05, 0) is 33.6 Å². The summed E-state index contributed by atoms with van der Waals surface area (Å²) in [7, 11) is 3.09. The van der Waals surface area contributed by atoms with Gasteiger partial charge >= 0.3 is 6.09 Å². The van der Waals surface area contributed by atoms with E-state index in [0.29, 0.717) is 30.8 Å². The number of hydrogen-bond acceptors (Lipinski definition) is 7. The second-order valence-corrected chi connectivity index (χ2v) is 6.66. The lowest BCUT2D eigenvalue weighted by Crippen LogP contribution is -2.44. The smallest absolute Gasteiger partial charge is 0.410 e. The fourth-order valence-electron chi connectivity index (χ4n) is 2.39. The molecule has 1 aromatic heterocycles. The van der Waals surface area contributed by atoms with Gasteiger partial charge in [-0.25, -0.2) is 4.79 Å². The maximum atomic E-state index is 12.1. The molecule has 1 N–H and O–H groups in total. The van der Waals surface area contributed by atoms with Crippen molar-refractivity contribution in [2.75, 3.05) is 32.6 Å². The highest BCUT2D eigenvalue weighted by atomic mass is 16.6. The summed E-state index contributed by atoms with van der Waals surface area (Å²) in [5.41, 5.74) is -0.475. The third-order valence-corrected chi connectivity index (χ3v) is 3.58. The zero-order chi connectivity index (χ0) is 17.7. The Morgan fingerprint density at radius 1 is 1.17 bits per heavy atom. The van der Waals surface area contributed by atoms with Gasteiger partial charge in [-0.2, -0.15) is 9.97 Å². The molecule has 0 unspecified atom stereocenters. The van der Waals surface area contributed by atoms with Crippen LogP contribution in [0.5, 0.6) is 11.8 Å². The molecule has 0 aliphatic carbocycles. The summed E-state index contributed by atoms with van der Waals surface area (Å²) >= 11 is 0. The fourth-order valence-corrected chi connectivity index (χ4v) is 2.39. The first kappa shape index (κ1) is 18.1. The molecular weight excluding hydrogens is 312 g/mol. The predicted octanol–water partition coefficient (Wildman–Crippen LogP) is 2.31. The maximum absolute atomic E-state index is 12.1. The molecule has 0 radical (unpaired) electrons. The van der Waals surface area contributed by atoms with Gasteiger partial charge in [-0.3, -0.25) is 0 Å². The van der Waals surface area contributed by atoms with Crippen LogP contribution in [0.25, 0.3) is 0 Å². The maximum Gasteiger partial charge on any atom is 0.410 e. The van der Waals surface area contributed by atoms with Crippen molar-refractivity contribution in [3.63, 3.8) is 0 Å². The molecule has 1 aliphatic rings. The molecule has 0 aromatic carbocycles. The van der Waals surface area contributed by atoms with Gasteiger partial charge in [-0.15, -0.1) is 0 Å². The summed E-state index contributed by atoms with van der Waals surface area (Å²) in [4.78, 5) is 22.3. The van der Waals surface area contributed by atoms with Crippen LogP contribution in [-0.4, -0.2) is 59.9 Å². The first-order chi connectivity index (χ1) is 11.3. The molecule has 1 saturated heterocycles. The average Bonchev–Trinajstić information content (AvgIpc) is 2.53. The number of likely N-dealkylation sites (tertiary alicyclic amines) is 1. The van der Waals surface area contributed by atoms with Crippen LogP contribution in [0.4, 0.5) is 10.7 Å². The molecule has 24 heavy (non-hydrogen) atoms. The van der Waals surface area contributed by atoms with Crippen LogP contribution in [0.2, 0.25) is 0 Å². The van der Waals surface area contributed by atoms with Gasteiger partial charge < -0.3 is 24.4 Å². The van der Waals surface area contributed by atoms with E-state index in [1.807, 2.05) is 20.8 Å². The second kappa shape index (κ2) is 7.55. The minimum absolute atomic E-state index is 0.181. The zero-order valence-electron chi connectivity index (χ0n) is 15.0. The van der Waals surface area contributed by atoms with Gasteiger partial charge in [0.15, 0.2) is 0 Å². The van der Waals surface area contributed by atoms with Crippen molar-refractivity contribution < 1.29 is 19.0 Å². The molecule has 0 saturated carbocycles. The van der Waals surface area contributed by atoms with Gasteiger partial charge in [0, 0.05) is 19.1 Å². The van der Waals surface area contributed by atoms with Crippen LogP contribution in [0.3, 0.4) is 0 Å². The number of piperidine rings is 1. The van der Waals surface area contributed by atoms with Crippen molar-refractivity contribution >= 4 is 12.0 Å². The largest absolute Gasteiger partial charge is 0.481 e. The van der Waals surface area contributed by atoms with E-state index in [0.717, 1.165) is 12.8 Å². The van der Waals surface area contributed by atoms with E-state index in [2.05, 4.69) is 15.3 Å². The number of methoxy groups -OCH3 is 2. The molecule has 0 spiro atoms. The van der Waals surface area contributed by atoms with Gasteiger partial charge in [-0.1, -0.05) is 0 Å². The Morgan fingerprint density at radius 2 is 1.71 bits per heavy atom. The van der Waals surface area contributed by atoms with Gasteiger partial charge in [0.2, 0.25) is 17.7 Å². The molecule has 134 valence electrons. The van der Waals surface area contributed by atoms with Crippen molar-refractivity contribution in [2.45, 2.75) is 45.3 Å². The molecule has 0 bridgehead atoms. The van der Waals surface area contributed by atoms with Crippen molar-refractivity contribution in [2.24, 2.45) is 0 Å². The Balaban J connectivity index is 1.90. The molecule has 1 aliphatic heterocycles. The first-order valence-corrected chi connectivity index (χ1v) is 8.02. The third-order valence-electron chi connectivity index (χ3n) is 3.58. The number of hydrogen-bond donors (Lipinski definition) is 1. The molecule has 0 atom stereocenters. The van der Waals surface area contributed by atoms with Crippen LogP contribution in [0, 0.1) is 0 Å². The molecule has 8 heteroatoms. The number of carbonyl (C=O) groups is 1. The van der Waals surface area contributed by atoms with Crippen molar-refractivity contribution in [1.82, 2.24) is 14.9 Å². The third kappa shape index (κ3) is 5.14. The highest BCUT2D eigenvalue weighted by Gasteiger charge is 2.27. The summed E-state index contributed by atoms with van der Waals surface area (Å²) in [6.07, 6.45) is 1.32. The number of carbonyl (C=O) groups excluding carboxylic acids is 1. The van der Waals surface area contributed by atoms with E-state index < -0.39 is 5.60 Å². The monoisotopic (exact) mass is 338 g/mol. The van der Waals surface area contributed by atoms with E-state index in [9.17, 15) is 4.79 Å². The Hall–Kier alpha value is -2.25. The SMILES string of the molecule is COc1cc(OC)nc(NC2CCN(C(=O)OC(C)(C)C)CC2)n1. The first-order valence-electron chi connectivity index (χ1n) is 8.02. The molecule has 1 fully saturated rings. The number of aromatic nitrogens is 2. The van der Waals surface area contributed by atoms with Gasteiger partial charge in [0.1, 0.15) is 5.60 Å². The normalized spacial score (nSPS) is 15.8. The van der Waals surface area contributed by atoms with Crippen LogP contribution in [0.15, 0.2) is 6.07 Å². The Bertz CT molecular complexity index is 543. The number of rotatable bonds is 4. The fraction of sp³-hybridized carbons (Fsp3) is 0.688. The molecular formula is C16H26N4O4. The lowest BCUT2D eigenvalue weighted by atomic mass is 10.1. The summed E-state index contributed by atoms with van der Waals surface area (Å²) in [5.74, 6) is 1.34. The van der Waals surface area contributed by atoms with Crippen LogP contribution < -0.4 is 14.8 Å². The van der Waals surface area contributed by atoms with E-state index in [4.69, 9.17) is 14.2 Å². The molecule has 1 aromatic rings.